The Morgan fingerprint density at radius 3 is 2.92 bits per heavy atom. The first-order valence-corrected chi connectivity index (χ1v) is 6.03. The van der Waals surface area contributed by atoms with Crippen LogP contribution >= 0.6 is 15.9 Å². The van der Waals surface area contributed by atoms with Crippen LogP contribution in [0.15, 0.2) is 12.2 Å². The van der Waals surface area contributed by atoms with E-state index in [-0.39, 0.29) is 10.4 Å². The Bertz CT molecular complexity index is 179. The zero-order valence-corrected chi connectivity index (χ0v) is 9.89. The molecule has 0 spiro atoms. The van der Waals surface area contributed by atoms with Crippen molar-refractivity contribution >= 4 is 15.9 Å². The number of rotatable bonds is 4. The van der Waals surface area contributed by atoms with Crippen LogP contribution in [0.1, 0.15) is 45.4 Å². The second-order valence-corrected chi connectivity index (χ2v) is 5.36. The van der Waals surface area contributed by atoms with E-state index >= 15 is 0 Å². The molecule has 0 aromatic carbocycles. The molecule has 2 unspecified atom stereocenters. The summed E-state index contributed by atoms with van der Waals surface area (Å²) in [6, 6.07) is 0. The van der Waals surface area contributed by atoms with Crippen LogP contribution in [-0.4, -0.2) is 15.5 Å². The fourth-order valence-corrected chi connectivity index (χ4v) is 2.46. The van der Waals surface area contributed by atoms with Crippen molar-refractivity contribution in [1.29, 1.82) is 0 Å². The molecule has 1 aliphatic carbocycles. The first-order valence-electron chi connectivity index (χ1n) is 5.24. The standard InChI is InChI=1S/C11H19BrO/c1-2-3-7-10(13)11(12)8-5-4-6-9-11/h5,8,10,13H,2-4,6-7,9H2,1H3. The van der Waals surface area contributed by atoms with Crippen molar-refractivity contribution in [3.05, 3.63) is 12.2 Å². The first kappa shape index (κ1) is 11.3. The van der Waals surface area contributed by atoms with Crippen molar-refractivity contribution in [3.8, 4) is 0 Å². The maximum Gasteiger partial charge on any atom is 0.0728 e. The normalized spacial score (nSPS) is 30.4. The van der Waals surface area contributed by atoms with Crippen LogP contribution in [0.2, 0.25) is 0 Å². The summed E-state index contributed by atoms with van der Waals surface area (Å²) in [5, 5.41) is 9.97. The summed E-state index contributed by atoms with van der Waals surface area (Å²) < 4.78 is -0.125. The molecule has 0 amide bonds. The Morgan fingerprint density at radius 1 is 1.62 bits per heavy atom. The van der Waals surface area contributed by atoms with Crippen LogP contribution in [0.5, 0.6) is 0 Å². The highest BCUT2D eigenvalue weighted by molar-refractivity contribution is 9.10. The summed E-state index contributed by atoms with van der Waals surface area (Å²) in [5.41, 5.74) is 0. The largest absolute Gasteiger partial charge is 0.391 e. The molecule has 0 bridgehead atoms. The number of hydrogen-bond acceptors (Lipinski definition) is 1. The van der Waals surface area contributed by atoms with Gasteiger partial charge >= 0.3 is 0 Å². The predicted octanol–water partition coefficient (Wildman–Crippen LogP) is 3.41. The lowest BCUT2D eigenvalue weighted by Gasteiger charge is -2.32. The lowest BCUT2D eigenvalue weighted by Crippen LogP contribution is -2.35. The first-order chi connectivity index (χ1) is 6.19. The molecular weight excluding hydrogens is 228 g/mol. The summed E-state index contributed by atoms with van der Waals surface area (Å²) in [6.07, 6.45) is 10.7. The van der Waals surface area contributed by atoms with Gasteiger partial charge in [0.15, 0.2) is 0 Å². The SMILES string of the molecule is CCCCC(O)C1(Br)C=CCCC1. The summed E-state index contributed by atoms with van der Waals surface area (Å²) in [6.45, 7) is 2.16. The van der Waals surface area contributed by atoms with Gasteiger partial charge in [-0.2, -0.15) is 0 Å². The fourth-order valence-electron chi connectivity index (χ4n) is 1.77. The van der Waals surface area contributed by atoms with Crippen molar-refractivity contribution < 1.29 is 5.11 Å². The molecule has 0 aromatic rings. The summed E-state index contributed by atoms with van der Waals surface area (Å²) in [7, 11) is 0. The Hall–Kier alpha value is 0.180. The minimum absolute atomic E-state index is 0.125. The molecule has 0 heterocycles. The summed E-state index contributed by atoms with van der Waals surface area (Å²) in [4.78, 5) is 0. The number of allylic oxidation sites excluding steroid dienone is 1. The van der Waals surface area contributed by atoms with Crippen LogP contribution in [0.25, 0.3) is 0 Å². The summed E-state index contributed by atoms with van der Waals surface area (Å²) in [5.74, 6) is 0. The zero-order chi connectivity index (χ0) is 9.73. The van der Waals surface area contributed by atoms with Gasteiger partial charge in [-0.3, -0.25) is 0 Å². The van der Waals surface area contributed by atoms with Crippen LogP contribution in [0.3, 0.4) is 0 Å². The topological polar surface area (TPSA) is 20.2 Å². The van der Waals surface area contributed by atoms with Gasteiger partial charge in [-0.25, -0.2) is 0 Å². The van der Waals surface area contributed by atoms with E-state index in [4.69, 9.17) is 0 Å². The molecule has 1 aliphatic rings. The van der Waals surface area contributed by atoms with E-state index in [1.807, 2.05) is 0 Å². The molecular formula is C11H19BrO. The zero-order valence-electron chi connectivity index (χ0n) is 8.30. The Kier molecular flexibility index (Phi) is 4.47. The van der Waals surface area contributed by atoms with Gasteiger partial charge in [0, 0.05) is 0 Å². The molecule has 1 nitrogen and oxygen atoms in total. The van der Waals surface area contributed by atoms with Crippen LogP contribution in [0, 0.1) is 0 Å². The van der Waals surface area contributed by atoms with Crippen LogP contribution in [0.4, 0.5) is 0 Å². The average Bonchev–Trinajstić information content (AvgIpc) is 2.15. The maximum atomic E-state index is 9.97. The number of hydrogen-bond donors (Lipinski definition) is 1. The van der Waals surface area contributed by atoms with E-state index in [0.29, 0.717) is 0 Å². The third-order valence-corrected chi connectivity index (χ3v) is 3.90. The number of unbranched alkanes of at least 4 members (excludes halogenated alkanes) is 1. The predicted molar refractivity (Wildman–Crippen MR) is 60.2 cm³/mol. The van der Waals surface area contributed by atoms with E-state index in [1.165, 1.54) is 6.42 Å². The molecule has 1 N–H and O–H groups in total. The van der Waals surface area contributed by atoms with Gasteiger partial charge in [0.25, 0.3) is 0 Å². The highest BCUT2D eigenvalue weighted by atomic mass is 79.9. The molecule has 0 radical (unpaired) electrons. The van der Waals surface area contributed by atoms with Crippen LogP contribution < -0.4 is 0 Å². The minimum Gasteiger partial charge on any atom is -0.391 e. The van der Waals surface area contributed by atoms with Gasteiger partial charge in [0.2, 0.25) is 0 Å². The third-order valence-electron chi connectivity index (χ3n) is 2.71. The average molecular weight is 247 g/mol. The van der Waals surface area contributed by atoms with Crippen molar-refractivity contribution in [2.45, 2.75) is 55.9 Å². The third kappa shape index (κ3) is 3.10. The molecule has 0 fully saturated rings. The second-order valence-electron chi connectivity index (χ2n) is 3.88. The number of alkyl halides is 1. The van der Waals surface area contributed by atoms with E-state index in [1.54, 1.807) is 0 Å². The van der Waals surface area contributed by atoms with Crippen molar-refractivity contribution in [2.24, 2.45) is 0 Å². The molecule has 2 atom stereocenters. The monoisotopic (exact) mass is 246 g/mol. The van der Waals surface area contributed by atoms with E-state index in [2.05, 4.69) is 35.0 Å². The Morgan fingerprint density at radius 2 is 2.38 bits per heavy atom. The number of aliphatic hydroxyl groups is 1. The van der Waals surface area contributed by atoms with E-state index in [9.17, 15) is 5.11 Å². The highest BCUT2D eigenvalue weighted by Gasteiger charge is 2.32. The number of aliphatic hydroxyl groups excluding tert-OH is 1. The molecule has 13 heavy (non-hydrogen) atoms. The lowest BCUT2D eigenvalue weighted by molar-refractivity contribution is 0.130. The summed E-state index contributed by atoms with van der Waals surface area (Å²) >= 11 is 3.65. The molecule has 0 aromatic heterocycles. The number of halogens is 1. The van der Waals surface area contributed by atoms with Gasteiger partial charge in [-0.05, 0) is 25.7 Å². The van der Waals surface area contributed by atoms with Gasteiger partial charge in [-0.15, -0.1) is 0 Å². The van der Waals surface area contributed by atoms with E-state index in [0.717, 1.165) is 32.1 Å². The molecule has 0 saturated carbocycles. The molecule has 1 rings (SSSR count). The molecule has 0 saturated heterocycles. The van der Waals surface area contributed by atoms with Gasteiger partial charge in [-0.1, -0.05) is 47.8 Å². The minimum atomic E-state index is -0.219. The maximum absolute atomic E-state index is 9.97. The molecule has 76 valence electrons. The van der Waals surface area contributed by atoms with Crippen LogP contribution in [-0.2, 0) is 0 Å². The van der Waals surface area contributed by atoms with Crippen molar-refractivity contribution in [1.82, 2.24) is 0 Å². The Balaban J connectivity index is 2.46. The van der Waals surface area contributed by atoms with Gasteiger partial charge in [0.05, 0.1) is 10.4 Å². The Labute approximate surface area is 89.4 Å². The quantitative estimate of drug-likeness (QED) is 0.596. The fraction of sp³-hybridized carbons (Fsp3) is 0.818. The smallest absolute Gasteiger partial charge is 0.0728 e. The molecule has 2 heteroatoms. The highest BCUT2D eigenvalue weighted by Crippen LogP contribution is 2.35. The van der Waals surface area contributed by atoms with E-state index < -0.39 is 0 Å². The van der Waals surface area contributed by atoms with Crippen molar-refractivity contribution in [3.63, 3.8) is 0 Å². The second kappa shape index (κ2) is 5.16. The lowest BCUT2D eigenvalue weighted by atomic mass is 9.88. The van der Waals surface area contributed by atoms with Gasteiger partial charge in [0.1, 0.15) is 0 Å². The van der Waals surface area contributed by atoms with Gasteiger partial charge < -0.3 is 5.11 Å². The van der Waals surface area contributed by atoms with Crippen molar-refractivity contribution in [2.75, 3.05) is 0 Å². The molecule has 0 aliphatic heterocycles.